The van der Waals surface area contributed by atoms with Crippen LogP contribution in [0.3, 0.4) is 0 Å². The van der Waals surface area contributed by atoms with Gasteiger partial charge in [0.25, 0.3) is 0 Å². The van der Waals surface area contributed by atoms with Crippen LogP contribution in [0.2, 0.25) is 0 Å². The van der Waals surface area contributed by atoms with E-state index in [-0.39, 0.29) is 18.3 Å². The smallest absolute Gasteiger partial charge is 0.370 e. The molecule has 108 valence electrons. The number of aromatic nitrogens is 2. The summed E-state index contributed by atoms with van der Waals surface area (Å²) < 4.78 is 37.6. The Morgan fingerprint density at radius 3 is 2.53 bits per heavy atom. The van der Waals surface area contributed by atoms with Crippen molar-refractivity contribution in [2.45, 2.75) is 26.4 Å². The summed E-state index contributed by atoms with van der Waals surface area (Å²) >= 11 is 0. The Hall–Kier alpha value is -1.73. The maximum absolute atomic E-state index is 12.5. The molecule has 0 aliphatic heterocycles. The van der Waals surface area contributed by atoms with Gasteiger partial charge in [0.15, 0.2) is 0 Å². The minimum atomic E-state index is -4.28. The van der Waals surface area contributed by atoms with Crippen LogP contribution >= 0.6 is 0 Å². The third-order valence-electron chi connectivity index (χ3n) is 2.28. The molecule has 1 heterocycles. The lowest BCUT2D eigenvalue weighted by molar-refractivity contribution is -0.119. The Balaban J connectivity index is 3.00. The summed E-state index contributed by atoms with van der Waals surface area (Å²) in [5.41, 5.74) is 5.52. The van der Waals surface area contributed by atoms with Gasteiger partial charge < -0.3 is 16.0 Å². The van der Waals surface area contributed by atoms with Gasteiger partial charge in [0.05, 0.1) is 0 Å². The highest BCUT2D eigenvalue weighted by Crippen LogP contribution is 2.23. The lowest BCUT2D eigenvalue weighted by Crippen LogP contribution is -2.35. The highest BCUT2D eigenvalue weighted by Gasteiger charge is 2.31. The average molecular weight is 277 g/mol. The van der Waals surface area contributed by atoms with Gasteiger partial charge in [-0.05, 0) is 13.3 Å². The first-order valence-corrected chi connectivity index (χ1v) is 6.05. The molecule has 0 atom stereocenters. The molecule has 0 saturated heterocycles. The summed E-state index contributed by atoms with van der Waals surface area (Å²) in [4.78, 5) is 8.93. The van der Waals surface area contributed by atoms with E-state index in [4.69, 9.17) is 5.73 Å². The molecule has 0 saturated carbocycles. The van der Waals surface area contributed by atoms with Gasteiger partial charge in [-0.1, -0.05) is 6.92 Å². The molecule has 1 aromatic rings. The standard InChI is InChI=1S/C11H18F3N5/c1-3-5-19(7-11(12,13)14)9-6-8(16-4-2)17-10(15)18-9/h6H,3-5,7H2,1-2H3,(H3,15,16,17,18). The molecule has 5 nitrogen and oxygen atoms in total. The zero-order chi connectivity index (χ0) is 14.5. The van der Waals surface area contributed by atoms with Gasteiger partial charge >= 0.3 is 6.18 Å². The molecule has 3 N–H and O–H groups in total. The maximum atomic E-state index is 12.5. The van der Waals surface area contributed by atoms with Crippen LogP contribution in [0.1, 0.15) is 20.3 Å². The fourth-order valence-corrected chi connectivity index (χ4v) is 1.65. The second kappa shape index (κ2) is 6.44. The summed E-state index contributed by atoms with van der Waals surface area (Å²) in [6.07, 6.45) is -3.70. The highest BCUT2D eigenvalue weighted by molar-refractivity contribution is 5.52. The predicted molar refractivity (Wildman–Crippen MR) is 69.2 cm³/mol. The van der Waals surface area contributed by atoms with Crippen molar-refractivity contribution in [1.29, 1.82) is 0 Å². The van der Waals surface area contributed by atoms with E-state index in [0.29, 0.717) is 18.8 Å². The van der Waals surface area contributed by atoms with Crippen LogP contribution in [0.5, 0.6) is 0 Å². The van der Waals surface area contributed by atoms with Gasteiger partial charge in [-0.3, -0.25) is 0 Å². The first-order valence-electron chi connectivity index (χ1n) is 6.05. The fourth-order valence-electron chi connectivity index (χ4n) is 1.65. The van der Waals surface area contributed by atoms with Crippen molar-refractivity contribution in [3.05, 3.63) is 6.07 Å². The summed E-state index contributed by atoms with van der Waals surface area (Å²) in [5, 5.41) is 2.91. The average Bonchev–Trinajstić information content (AvgIpc) is 2.26. The van der Waals surface area contributed by atoms with Crippen LogP contribution in [0.4, 0.5) is 30.8 Å². The van der Waals surface area contributed by atoms with Crippen molar-refractivity contribution in [2.75, 3.05) is 35.6 Å². The number of nitrogen functional groups attached to an aromatic ring is 1. The van der Waals surface area contributed by atoms with E-state index in [0.717, 1.165) is 4.90 Å². The molecule has 0 bridgehead atoms. The summed E-state index contributed by atoms with van der Waals surface area (Å²) in [6.45, 7) is 3.46. The molecule has 0 amide bonds. The lowest BCUT2D eigenvalue weighted by atomic mass is 10.3. The number of rotatable bonds is 6. The SMILES string of the molecule is CCCN(CC(F)(F)F)c1cc(NCC)nc(N)n1. The Morgan fingerprint density at radius 1 is 1.32 bits per heavy atom. The summed E-state index contributed by atoms with van der Waals surface area (Å²) in [7, 11) is 0. The molecular weight excluding hydrogens is 259 g/mol. The molecule has 1 aromatic heterocycles. The monoisotopic (exact) mass is 277 g/mol. The zero-order valence-electron chi connectivity index (χ0n) is 11.0. The molecule has 8 heteroatoms. The molecule has 0 unspecified atom stereocenters. The minimum Gasteiger partial charge on any atom is -0.370 e. The second-order valence-electron chi connectivity index (χ2n) is 4.04. The number of anilines is 3. The first-order chi connectivity index (χ1) is 8.85. The quantitative estimate of drug-likeness (QED) is 0.835. The van der Waals surface area contributed by atoms with Crippen LogP contribution in [0, 0.1) is 0 Å². The van der Waals surface area contributed by atoms with E-state index in [2.05, 4.69) is 15.3 Å². The van der Waals surface area contributed by atoms with Gasteiger partial charge in [0.1, 0.15) is 18.2 Å². The predicted octanol–water partition coefficient (Wildman–Crippen LogP) is 2.27. The van der Waals surface area contributed by atoms with E-state index >= 15 is 0 Å². The first kappa shape index (κ1) is 15.3. The number of nitrogens with one attached hydrogen (secondary N) is 1. The molecule has 0 aliphatic rings. The molecule has 0 spiro atoms. The molecule has 1 rings (SSSR count). The fraction of sp³-hybridized carbons (Fsp3) is 0.636. The Morgan fingerprint density at radius 2 is 2.00 bits per heavy atom. The Bertz CT molecular complexity index is 408. The normalized spacial score (nSPS) is 11.4. The number of nitrogens with two attached hydrogens (primary N) is 1. The largest absolute Gasteiger partial charge is 0.405 e. The number of alkyl halides is 3. The van der Waals surface area contributed by atoms with Crippen LogP contribution in [0.15, 0.2) is 6.07 Å². The highest BCUT2D eigenvalue weighted by atomic mass is 19.4. The number of nitrogens with zero attached hydrogens (tertiary/aromatic N) is 3. The van der Waals surface area contributed by atoms with Gasteiger partial charge in [0, 0.05) is 19.2 Å². The van der Waals surface area contributed by atoms with Gasteiger partial charge in [-0.25, -0.2) is 0 Å². The molecular formula is C11H18F3N5. The summed E-state index contributed by atoms with van der Waals surface area (Å²) in [5.74, 6) is 0.563. The van der Waals surface area contributed by atoms with Crippen molar-refractivity contribution >= 4 is 17.6 Å². The third-order valence-corrected chi connectivity index (χ3v) is 2.28. The number of hydrogen-bond acceptors (Lipinski definition) is 5. The van der Waals surface area contributed by atoms with Gasteiger partial charge in [-0.15, -0.1) is 0 Å². The van der Waals surface area contributed by atoms with E-state index in [1.54, 1.807) is 6.92 Å². The van der Waals surface area contributed by atoms with Crippen molar-refractivity contribution < 1.29 is 13.2 Å². The summed E-state index contributed by atoms with van der Waals surface area (Å²) in [6, 6.07) is 1.47. The van der Waals surface area contributed by atoms with E-state index in [1.165, 1.54) is 6.07 Å². The maximum Gasteiger partial charge on any atom is 0.405 e. The van der Waals surface area contributed by atoms with Crippen molar-refractivity contribution in [3.63, 3.8) is 0 Å². The molecule has 0 aliphatic carbocycles. The van der Waals surface area contributed by atoms with Crippen LogP contribution < -0.4 is 16.0 Å². The topological polar surface area (TPSA) is 67.1 Å². The molecule has 0 fully saturated rings. The molecule has 0 aromatic carbocycles. The van der Waals surface area contributed by atoms with E-state index in [9.17, 15) is 13.2 Å². The minimum absolute atomic E-state index is 0.0447. The zero-order valence-corrected chi connectivity index (χ0v) is 11.0. The van der Waals surface area contributed by atoms with Crippen LogP contribution in [-0.2, 0) is 0 Å². The lowest BCUT2D eigenvalue weighted by Gasteiger charge is -2.24. The van der Waals surface area contributed by atoms with Crippen LogP contribution in [0.25, 0.3) is 0 Å². The molecule has 0 radical (unpaired) electrons. The number of halogens is 3. The molecule has 19 heavy (non-hydrogen) atoms. The van der Waals surface area contributed by atoms with Crippen molar-refractivity contribution in [3.8, 4) is 0 Å². The Kier molecular flexibility index (Phi) is 5.20. The van der Waals surface area contributed by atoms with E-state index in [1.807, 2.05) is 6.92 Å². The van der Waals surface area contributed by atoms with Gasteiger partial charge in [-0.2, -0.15) is 23.1 Å². The third kappa shape index (κ3) is 5.19. The second-order valence-corrected chi connectivity index (χ2v) is 4.04. The van der Waals surface area contributed by atoms with Crippen LogP contribution in [-0.4, -0.2) is 35.8 Å². The number of hydrogen-bond donors (Lipinski definition) is 2. The van der Waals surface area contributed by atoms with E-state index < -0.39 is 12.7 Å². The Labute approximate surface area is 110 Å². The van der Waals surface area contributed by atoms with Crippen molar-refractivity contribution in [1.82, 2.24) is 9.97 Å². The van der Waals surface area contributed by atoms with Gasteiger partial charge in [0.2, 0.25) is 5.95 Å². The van der Waals surface area contributed by atoms with Crippen molar-refractivity contribution in [2.24, 2.45) is 0 Å².